The molecule has 4 nitrogen and oxygen atoms in total. The monoisotopic (exact) mass is 213 g/mol. The predicted octanol–water partition coefficient (Wildman–Crippen LogP) is 1.71. The number of amides is 1. The summed E-state index contributed by atoms with van der Waals surface area (Å²) >= 11 is 0. The molecule has 0 radical (unpaired) electrons. The van der Waals surface area contributed by atoms with Crippen LogP contribution < -0.4 is 5.32 Å². The maximum Gasteiger partial charge on any atom is 0.305 e. The van der Waals surface area contributed by atoms with Crippen LogP contribution in [0.4, 0.5) is 0 Å². The quantitative estimate of drug-likeness (QED) is 0.683. The first-order chi connectivity index (χ1) is 6.84. The van der Waals surface area contributed by atoms with Gasteiger partial charge in [0.1, 0.15) is 0 Å². The summed E-state index contributed by atoms with van der Waals surface area (Å²) in [4.78, 5) is 22.2. The molecule has 1 atom stereocenters. The first-order valence-electron chi connectivity index (χ1n) is 5.02. The SMILES string of the molecule is CC=C(C)C(=O)NC(C)(CC)CC(=O)O. The minimum Gasteiger partial charge on any atom is -0.481 e. The van der Waals surface area contributed by atoms with Gasteiger partial charge in [-0.15, -0.1) is 0 Å². The van der Waals surface area contributed by atoms with Gasteiger partial charge in [-0.2, -0.15) is 0 Å². The molecule has 0 fully saturated rings. The second-order valence-electron chi connectivity index (χ2n) is 3.91. The van der Waals surface area contributed by atoms with Gasteiger partial charge in [-0.1, -0.05) is 13.0 Å². The van der Waals surface area contributed by atoms with Crippen LogP contribution in [0.15, 0.2) is 11.6 Å². The number of hydrogen-bond donors (Lipinski definition) is 2. The van der Waals surface area contributed by atoms with Gasteiger partial charge >= 0.3 is 5.97 Å². The Morgan fingerprint density at radius 1 is 1.47 bits per heavy atom. The lowest BCUT2D eigenvalue weighted by Gasteiger charge is -2.28. The molecule has 0 aliphatic rings. The highest BCUT2D eigenvalue weighted by Gasteiger charge is 2.27. The molecule has 0 aliphatic carbocycles. The van der Waals surface area contributed by atoms with E-state index in [4.69, 9.17) is 5.11 Å². The highest BCUT2D eigenvalue weighted by molar-refractivity contribution is 5.93. The fraction of sp³-hybridized carbons (Fsp3) is 0.636. The van der Waals surface area contributed by atoms with Crippen molar-refractivity contribution in [2.75, 3.05) is 0 Å². The number of carboxylic acid groups (broad SMARTS) is 1. The standard InChI is InChI=1S/C11H19NO3/c1-5-8(3)10(15)12-11(4,6-2)7-9(13)14/h5H,6-7H2,1-4H3,(H,12,15)(H,13,14). The van der Waals surface area contributed by atoms with Crippen molar-refractivity contribution < 1.29 is 14.7 Å². The minimum atomic E-state index is -0.905. The zero-order valence-corrected chi connectivity index (χ0v) is 9.76. The first kappa shape index (κ1) is 13.7. The Bertz CT molecular complexity index is 284. The minimum absolute atomic E-state index is 0.0633. The molecule has 15 heavy (non-hydrogen) atoms. The fourth-order valence-electron chi connectivity index (χ4n) is 1.10. The van der Waals surface area contributed by atoms with E-state index in [2.05, 4.69) is 5.32 Å². The molecule has 0 aromatic heterocycles. The highest BCUT2D eigenvalue weighted by atomic mass is 16.4. The lowest BCUT2D eigenvalue weighted by atomic mass is 9.94. The number of carbonyl (C=O) groups is 2. The van der Waals surface area contributed by atoms with Gasteiger partial charge in [0.2, 0.25) is 5.91 Å². The second-order valence-corrected chi connectivity index (χ2v) is 3.91. The van der Waals surface area contributed by atoms with Gasteiger partial charge in [0.05, 0.1) is 6.42 Å². The molecule has 0 saturated heterocycles. The second kappa shape index (κ2) is 5.53. The van der Waals surface area contributed by atoms with Crippen molar-refractivity contribution in [1.29, 1.82) is 0 Å². The van der Waals surface area contributed by atoms with E-state index >= 15 is 0 Å². The maximum absolute atomic E-state index is 11.6. The van der Waals surface area contributed by atoms with Crippen molar-refractivity contribution in [3.05, 3.63) is 11.6 Å². The molecule has 0 spiro atoms. The molecule has 1 amide bonds. The molecule has 0 rings (SSSR count). The molecule has 0 aromatic carbocycles. The van der Waals surface area contributed by atoms with Crippen LogP contribution >= 0.6 is 0 Å². The smallest absolute Gasteiger partial charge is 0.305 e. The summed E-state index contributed by atoms with van der Waals surface area (Å²) in [5.41, 5.74) is -0.0761. The van der Waals surface area contributed by atoms with Crippen LogP contribution in [0.2, 0.25) is 0 Å². The predicted molar refractivity (Wildman–Crippen MR) is 58.5 cm³/mol. The lowest BCUT2D eigenvalue weighted by Crippen LogP contribution is -2.47. The van der Waals surface area contributed by atoms with E-state index in [9.17, 15) is 9.59 Å². The van der Waals surface area contributed by atoms with E-state index in [1.807, 2.05) is 6.92 Å². The van der Waals surface area contributed by atoms with Crippen molar-refractivity contribution in [3.8, 4) is 0 Å². The number of allylic oxidation sites excluding steroid dienone is 1. The zero-order chi connectivity index (χ0) is 12.1. The Kier molecular flexibility index (Phi) is 5.05. The van der Waals surface area contributed by atoms with Gasteiger partial charge in [-0.25, -0.2) is 0 Å². The van der Waals surface area contributed by atoms with Crippen LogP contribution in [0.5, 0.6) is 0 Å². The topological polar surface area (TPSA) is 66.4 Å². The Morgan fingerprint density at radius 3 is 2.33 bits per heavy atom. The molecule has 0 heterocycles. The van der Waals surface area contributed by atoms with Gasteiger partial charge in [-0.3, -0.25) is 9.59 Å². The number of carboxylic acids is 1. The van der Waals surface area contributed by atoms with Gasteiger partial charge in [0.15, 0.2) is 0 Å². The van der Waals surface area contributed by atoms with Crippen LogP contribution in [-0.2, 0) is 9.59 Å². The van der Waals surface area contributed by atoms with E-state index in [-0.39, 0.29) is 12.3 Å². The average molecular weight is 213 g/mol. The van der Waals surface area contributed by atoms with Gasteiger partial charge in [-0.05, 0) is 27.2 Å². The summed E-state index contributed by atoms with van der Waals surface area (Å²) in [6.45, 7) is 7.07. The van der Waals surface area contributed by atoms with Crippen LogP contribution in [0.25, 0.3) is 0 Å². The normalized spacial score (nSPS) is 15.6. The number of rotatable bonds is 5. The first-order valence-corrected chi connectivity index (χ1v) is 5.02. The third-order valence-electron chi connectivity index (χ3n) is 2.53. The van der Waals surface area contributed by atoms with Crippen molar-refractivity contribution >= 4 is 11.9 Å². The van der Waals surface area contributed by atoms with Crippen molar-refractivity contribution in [3.63, 3.8) is 0 Å². The van der Waals surface area contributed by atoms with E-state index in [0.29, 0.717) is 12.0 Å². The zero-order valence-electron chi connectivity index (χ0n) is 9.76. The van der Waals surface area contributed by atoms with E-state index < -0.39 is 11.5 Å². The molecule has 0 aromatic rings. The Balaban J connectivity index is 4.57. The van der Waals surface area contributed by atoms with E-state index in [0.717, 1.165) is 0 Å². The highest BCUT2D eigenvalue weighted by Crippen LogP contribution is 2.15. The van der Waals surface area contributed by atoms with Crippen LogP contribution in [0.3, 0.4) is 0 Å². The van der Waals surface area contributed by atoms with Gasteiger partial charge in [0, 0.05) is 11.1 Å². The molecule has 0 saturated carbocycles. The Morgan fingerprint density at radius 2 is 2.00 bits per heavy atom. The lowest BCUT2D eigenvalue weighted by molar-refractivity contribution is -0.138. The molecule has 86 valence electrons. The summed E-state index contributed by atoms with van der Waals surface area (Å²) in [6, 6.07) is 0. The summed E-state index contributed by atoms with van der Waals surface area (Å²) < 4.78 is 0. The third kappa shape index (κ3) is 4.63. The largest absolute Gasteiger partial charge is 0.481 e. The summed E-state index contributed by atoms with van der Waals surface area (Å²) in [7, 11) is 0. The number of hydrogen-bond acceptors (Lipinski definition) is 2. The maximum atomic E-state index is 11.6. The van der Waals surface area contributed by atoms with Crippen molar-refractivity contribution in [1.82, 2.24) is 5.32 Å². The third-order valence-corrected chi connectivity index (χ3v) is 2.53. The molecule has 2 N–H and O–H groups in total. The van der Waals surface area contributed by atoms with Crippen LogP contribution in [-0.4, -0.2) is 22.5 Å². The van der Waals surface area contributed by atoms with Crippen LogP contribution in [0, 0.1) is 0 Å². The Hall–Kier alpha value is -1.32. The molecule has 0 aliphatic heterocycles. The number of nitrogens with one attached hydrogen (secondary N) is 1. The van der Waals surface area contributed by atoms with Crippen molar-refractivity contribution in [2.45, 2.75) is 46.1 Å². The molecule has 4 heteroatoms. The molecule has 0 bridgehead atoms. The van der Waals surface area contributed by atoms with Gasteiger partial charge < -0.3 is 10.4 Å². The summed E-state index contributed by atoms with van der Waals surface area (Å²) in [6.07, 6.45) is 2.22. The van der Waals surface area contributed by atoms with Crippen molar-refractivity contribution in [2.24, 2.45) is 0 Å². The summed E-state index contributed by atoms with van der Waals surface area (Å²) in [5.74, 6) is -1.11. The summed E-state index contributed by atoms with van der Waals surface area (Å²) in [5, 5.41) is 11.5. The molecular weight excluding hydrogens is 194 g/mol. The number of aliphatic carboxylic acids is 1. The number of carbonyl (C=O) groups excluding carboxylic acids is 1. The fourth-order valence-corrected chi connectivity index (χ4v) is 1.10. The average Bonchev–Trinajstić information content (AvgIpc) is 2.15. The van der Waals surface area contributed by atoms with E-state index in [1.165, 1.54) is 0 Å². The van der Waals surface area contributed by atoms with Gasteiger partial charge in [0.25, 0.3) is 0 Å². The van der Waals surface area contributed by atoms with Crippen LogP contribution in [0.1, 0.15) is 40.5 Å². The molecule has 1 unspecified atom stereocenters. The van der Waals surface area contributed by atoms with E-state index in [1.54, 1.807) is 26.8 Å². The Labute approximate surface area is 90.4 Å². The molecular formula is C11H19NO3.